The van der Waals surface area contributed by atoms with Gasteiger partial charge in [-0.3, -0.25) is 4.79 Å². The van der Waals surface area contributed by atoms with Crippen molar-refractivity contribution < 1.29 is 28.9 Å². The van der Waals surface area contributed by atoms with E-state index >= 15 is 0 Å². The lowest BCUT2D eigenvalue weighted by Crippen LogP contribution is -2.46. The molecule has 0 spiro atoms. The number of epoxide rings is 1. The SMILES string of the molecule is C=C1C(=O)O[C@]2(C)CC[C@@H]1C[C@@H]1O[C@@]1(C)C/C=C/[C@@](C)(O)CC[C@H]2OC(C)=O. The van der Waals surface area contributed by atoms with Gasteiger partial charge < -0.3 is 19.3 Å². The van der Waals surface area contributed by atoms with Gasteiger partial charge in [0.25, 0.3) is 0 Å². The van der Waals surface area contributed by atoms with Crippen molar-refractivity contribution in [1.29, 1.82) is 0 Å². The van der Waals surface area contributed by atoms with E-state index in [0.717, 1.165) is 0 Å². The van der Waals surface area contributed by atoms with E-state index in [-0.39, 0.29) is 17.6 Å². The van der Waals surface area contributed by atoms with Crippen LogP contribution >= 0.6 is 0 Å². The third kappa shape index (κ3) is 4.49. The molecule has 2 fully saturated rings. The first-order valence-electron chi connectivity index (χ1n) is 10.1. The summed E-state index contributed by atoms with van der Waals surface area (Å²) in [6, 6.07) is 0. The van der Waals surface area contributed by atoms with Crippen LogP contribution in [0.25, 0.3) is 0 Å². The standard InChI is InChI=1S/C22H32O6/c1-14-16-7-12-22(5,28-19(14)24)17(26-15(2)23)8-11-20(3,25)9-6-10-21(4)18(13-16)27-21/h6,9,16-18,25H,1,7-8,10-13H2,2-5H3/b9-6+/t16-,17-,18+,20-,21+,22-/m1/s1. The summed E-state index contributed by atoms with van der Waals surface area (Å²) in [5, 5.41) is 10.7. The summed E-state index contributed by atoms with van der Waals surface area (Å²) in [6.07, 6.45) is 6.59. The van der Waals surface area contributed by atoms with Crippen molar-refractivity contribution in [3.63, 3.8) is 0 Å². The molecular formula is C22H32O6. The molecule has 2 heterocycles. The molecule has 1 N–H and O–H groups in total. The van der Waals surface area contributed by atoms with Crippen molar-refractivity contribution in [2.45, 2.75) is 95.2 Å². The van der Waals surface area contributed by atoms with Gasteiger partial charge in [-0.05, 0) is 65.2 Å². The van der Waals surface area contributed by atoms with Gasteiger partial charge in [-0.25, -0.2) is 4.79 Å². The Morgan fingerprint density at radius 2 is 1.96 bits per heavy atom. The number of hydrogen-bond acceptors (Lipinski definition) is 6. The number of hydrogen-bond donors (Lipinski definition) is 1. The first-order valence-corrected chi connectivity index (χ1v) is 10.1. The Labute approximate surface area is 166 Å². The van der Waals surface area contributed by atoms with E-state index in [4.69, 9.17) is 14.2 Å². The highest BCUT2D eigenvalue weighted by Gasteiger charge is 2.53. The second-order valence-electron chi connectivity index (χ2n) is 9.22. The molecule has 156 valence electrons. The molecule has 2 saturated heterocycles. The molecule has 0 aromatic carbocycles. The maximum atomic E-state index is 12.7. The maximum absolute atomic E-state index is 12.7. The number of esters is 2. The maximum Gasteiger partial charge on any atom is 0.334 e. The van der Waals surface area contributed by atoms with Crippen molar-refractivity contribution in [2.24, 2.45) is 5.92 Å². The van der Waals surface area contributed by atoms with Crippen LogP contribution in [0.1, 0.15) is 66.2 Å². The molecular weight excluding hydrogens is 360 g/mol. The Bertz CT molecular complexity index is 695. The van der Waals surface area contributed by atoms with E-state index in [9.17, 15) is 14.7 Å². The zero-order valence-electron chi connectivity index (χ0n) is 17.3. The minimum absolute atomic E-state index is 0.0193. The second-order valence-corrected chi connectivity index (χ2v) is 9.22. The lowest BCUT2D eigenvalue weighted by Gasteiger charge is -2.36. The molecule has 6 atom stereocenters. The van der Waals surface area contributed by atoms with Crippen molar-refractivity contribution >= 4 is 11.9 Å². The monoisotopic (exact) mass is 392 g/mol. The first kappa shape index (κ1) is 21.1. The largest absolute Gasteiger partial charge is 0.458 e. The average Bonchev–Trinajstić information content (AvgIpc) is 3.24. The molecule has 0 aromatic rings. The molecule has 28 heavy (non-hydrogen) atoms. The normalized spacial score (nSPS) is 45.2. The van der Waals surface area contributed by atoms with E-state index in [2.05, 4.69) is 13.5 Å². The molecule has 0 aromatic heterocycles. The molecule has 3 rings (SSSR count). The van der Waals surface area contributed by atoms with E-state index in [1.165, 1.54) is 6.92 Å². The fraction of sp³-hybridized carbons (Fsp3) is 0.727. The molecule has 6 nitrogen and oxygen atoms in total. The Morgan fingerprint density at radius 1 is 1.25 bits per heavy atom. The van der Waals surface area contributed by atoms with Crippen LogP contribution in [0, 0.1) is 5.92 Å². The lowest BCUT2D eigenvalue weighted by molar-refractivity contribution is -0.181. The third-order valence-corrected chi connectivity index (χ3v) is 6.51. The highest BCUT2D eigenvalue weighted by atomic mass is 16.6. The van der Waals surface area contributed by atoms with Gasteiger partial charge in [0.2, 0.25) is 0 Å². The lowest BCUT2D eigenvalue weighted by atomic mass is 9.82. The van der Waals surface area contributed by atoms with E-state index in [1.54, 1.807) is 13.0 Å². The zero-order chi connectivity index (χ0) is 20.7. The number of carbonyl (C=O) groups excluding carboxylic acids is 2. The fourth-order valence-corrected chi connectivity index (χ4v) is 4.39. The van der Waals surface area contributed by atoms with Gasteiger partial charge >= 0.3 is 11.9 Å². The van der Waals surface area contributed by atoms with Crippen LogP contribution in [0.5, 0.6) is 0 Å². The summed E-state index contributed by atoms with van der Waals surface area (Å²) >= 11 is 0. The van der Waals surface area contributed by atoms with Gasteiger partial charge in [0.15, 0.2) is 0 Å². The average molecular weight is 392 g/mol. The van der Waals surface area contributed by atoms with Crippen molar-refractivity contribution in [3.8, 4) is 0 Å². The summed E-state index contributed by atoms with van der Waals surface area (Å²) < 4.78 is 17.3. The fourth-order valence-electron chi connectivity index (χ4n) is 4.39. The Morgan fingerprint density at radius 3 is 2.64 bits per heavy atom. The number of rotatable bonds is 1. The Hall–Kier alpha value is -1.66. The summed E-state index contributed by atoms with van der Waals surface area (Å²) in [5.41, 5.74) is -1.82. The van der Waals surface area contributed by atoms with E-state index < -0.39 is 29.2 Å². The van der Waals surface area contributed by atoms with Gasteiger partial charge in [0.05, 0.1) is 17.3 Å². The minimum atomic E-state index is -1.06. The summed E-state index contributed by atoms with van der Waals surface area (Å²) in [5.74, 6) is -0.890. The van der Waals surface area contributed by atoms with Crippen LogP contribution in [0.4, 0.5) is 0 Å². The molecule has 1 aliphatic carbocycles. The van der Waals surface area contributed by atoms with Crippen LogP contribution < -0.4 is 0 Å². The molecule has 0 amide bonds. The van der Waals surface area contributed by atoms with Crippen LogP contribution in [0.3, 0.4) is 0 Å². The predicted octanol–water partition coefficient (Wildman–Crippen LogP) is 3.22. The summed E-state index contributed by atoms with van der Waals surface area (Å²) in [6.45, 7) is 10.9. The minimum Gasteiger partial charge on any atom is -0.458 e. The van der Waals surface area contributed by atoms with Crippen LogP contribution in [-0.2, 0) is 23.8 Å². The molecule has 3 aliphatic rings. The van der Waals surface area contributed by atoms with Gasteiger partial charge in [0, 0.05) is 12.5 Å². The zero-order valence-corrected chi connectivity index (χ0v) is 17.3. The molecule has 2 bridgehead atoms. The smallest absolute Gasteiger partial charge is 0.334 e. The Kier molecular flexibility index (Phi) is 5.49. The highest BCUT2D eigenvalue weighted by Crippen LogP contribution is 2.47. The first-order chi connectivity index (χ1) is 12.9. The van der Waals surface area contributed by atoms with Crippen molar-refractivity contribution in [3.05, 3.63) is 24.3 Å². The van der Waals surface area contributed by atoms with Gasteiger partial charge in [-0.15, -0.1) is 0 Å². The van der Waals surface area contributed by atoms with Gasteiger partial charge in [0.1, 0.15) is 11.7 Å². The summed E-state index contributed by atoms with van der Waals surface area (Å²) in [4.78, 5) is 24.4. The number of carbonyl (C=O) groups is 2. The van der Waals surface area contributed by atoms with Crippen LogP contribution in [-0.4, -0.2) is 46.1 Å². The highest BCUT2D eigenvalue weighted by molar-refractivity contribution is 5.89. The van der Waals surface area contributed by atoms with Gasteiger partial charge in [-0.2, -0.15) is 0 Å². The predicted molar refractivity (Wildman–Crippen MR) is 103 cm³/mol. The van der Waals surface area contributed by atoms with Crippen molar-refractivity contribution in [2.75, 3.05) is 0 Å². The van der Waals surface area contributed by atoms with E-state index in [1.807, 2.05) is 13.0 Å². The van der Waals surface area contributed by atoms with Crippen LogP contribution in [0.2, 0.25) is 0 Å². The van der Waals surface area contributed by atoms with Gasteiger partial charge in [-0.1, -0.05) is 18.7 Å². The number of aliphatic hydroxyl groups is 1. The number of fused-ring (bicyclic) bond motifs is 4. The molecule has 6 heteroatoms. The quantitative estimate of drug-likeness (QED) is 0.319. The Balaban J connectivity index is 1.93. The second kappa shape index (κ2) is 7.30. The molecule has 0 saturated carbocycles. The van der Waals surface area contributed by atoms with Crippen molar-refractivity contribution in [1.82, 2.24) is 0 Å². The molecule has 2 aliphatic heterocycles. The topological polar surface area (TPSA) is 85.4 Å². The summed E-state index contributed by atoms with van der Waals surface area (Å²) in [7, 11) is 0. The molecule has 0 radical (unpaired) electrons. The van der Waals surface area contributed by atoms with E-state index in [0.29, 0.717) is 44.1 Å². The third-order valence-electron chi connectivity index (χ3n) is 6.51. The molecule has 0 unspecified atom stereocenters. The van der Waals surface area contributed by atoms with Crippen LogP contribution in [0.15, 0.2) is 24.3 Å². The number of ether oxygens (including phenoxy) is 3.